The van der Waals surface area contributed by atoms with Gasteiger partial charge >= 0.3 is 0 Å². The number of benzene rings is 1. The molecule has 1 aliphatic heterocycles. The number of hydrogen-bond acceptors (Lipinski definition) is 4. The minimum Gasteiger partial charge on any atom is -0.301 e. The van der Waals surface area contributed by atoms with E-state index in [0.29, 0.717) is 12.2 Å². The van der Waals surface area contributed by atoms with Crippen LogP contribution >= 0.6 is 22.6 Å². The molecule has 1 unspecified atom stereocenters. The number of carbonyl (C=O) groups is 2. The zero-order valence-electron chi connectivity index (χ0n) is 11.7. The van der Waals surface area contributed by atoms with E-state index in [1.54, 1.807) is 24.5 Å². The number of rotatable bonds is 4. The first-order valence-electron chi connectivity index (χ1n) is 6.90. The fourth-order valence-electron chi connectivity index (χ4n) is 2.39. The lowest BCUT2D eigenvalue weighted by atomic mass is 10.2. The molecule has 1 aromatic heterocycles. The number of hydrogen-bond donors (Lipinski definition) is 1. The Morgan fingerprint density at radius 2 is 1.82 bits per heavy atom. The normalized spacial score (nSPS) is 18.0. The fraction of sp³-hybridized carbons (Fsp3) is 0.188. The van der Waals surface area contributed by atoms with Crippen LogP contribution in [0.4, 0.5) is 5.69 Å². The quantitative estimate of drug-likeness (QED) is 0.623. The van der Waals surface area contributed by atoms with Crippen molar-refractivity contribution in [2.45, 2.75) is 19.0 Å². The molecule has 1 N–H and O–H groups in total. The highest BCUT2D eigenvalue weighted by atomic mass is 127. The summed E-state index contributed by atoms with van der Waals surface area (Å²) in [6.45, 7) is 0.534. The summed E-state index contributed by atoms with van der Waals surface area (Å²) < 4.78 is 1.06. The molecule has 0 bridgehead atoms. The number of nitrogens with one attached hydrogen (secondary N) is 1. The lowest BCUT2D eigenvalue weighted by molar-refractivity contribution is -0.121. The molecule has 1 aromatic carbocycles. The molecule has 1 fully saturated rings. The summed E-state index contributed by atoms with van der Waals surface area (Å²) in [7, 11) is 0. The highest BCUT2D eigenvalue weighted by Gasteiger charge is 2.39. The molecule has 0 radical (unpaired) electrons. The van der Waals surface area contributed by atoms with Crippen LogP contribution in [0.3, 0.4) is 0 Å². The van der Waals surface area contributed by atoms with Crippen molar-refractivity contribution in [2.75, 3.05) is 4.90 Å². The number of carbonyl (C=O) groups excluding carboxylic acids is 2. The number of anilines is 1. The predicted octanol–water partition coefficient (Wildman–Crippen LogP) is 2.11. The second-order valence-electron chi connectivity index (χ2n) is 5.04. The minimum absolute atomic E-state index is 0.168. The molecule has 6 heteroatoms. The topological polar surface area (TPSA) is 62.3 Å². The summed E-state index contributed by atoms with van der Waals surface area (Å²) in [4.78, 5) is 29.8. The summed E-state index contributed by atoms with van der Waals surface area (Å²) in [5, 5.41) is 3.15. The summed E-state index contributed by atoms with van der Waals surface area (Å²) in [5.41, 5.74) is 1.66. The van der Waals surface area contributed by atoms with Crippen LogP contribution < -0.4 is 10.2 Å². The van der Waals surface area contributed by atoms with Crippen LogP contribution in [0.2, 0.25) is 0 Å². The maximum atomic E-state index is 12.5. The van der Waals surface area contributed by atoms with Crippen LogP contribution in [0, 0.1) is 3.57 Å². The van der Waals surface area contributed by atoms with Gasteiger partial charge in [0.25, 0.3) is 5.91 Å². The van der Waals surface area contributed by atoms with Crippen LogP contribution in [0.5, 0.6) is 0 Å². The molecule has 2 amide bonds. The lowest BCUT2D eigenvalue weighted by Crippen LogP contribution is -2.38. The number of halogens is 1. The van der Waals surface area contributed by atoms with Gasteiger partial charge in [0.15, 0.2) is 0 Å². The van der Waals surface area contributed by atoms with Crippen molar-refractivity contribution < 1.29 is 9.59 Å². The van der Waals surface area contributed by atoms with Crippen LogP contribution in [-0.4, -0.2) is 22.8 Å². The molecule has 1 aliphatic rings. The molecule has 0 aliphatic carbocycles. The summed E-state index contributed by atoms with van der Waals surface area (Å²) in [6, 6.07) is 10.6. The smallest absolute Gasteiger partial charge is 0.251 e. The second-order valence-corrected chi connectivity index (χ2v) is 6.28. The Bertz CT molecular complexity index is 688. The van der Waals surface area contributed by atoms with Crippen molar-refractivity contribution in [3.05, 3.63) is 57.9 Å². The van der Waals surface area contributed by atoms with E-state index in [-0.39, 0.29) is 18.2 Å². The summed E-state index contributed by atoms with van der Waals surface area (Å²) >= 11 is 2.19. The number of imide groups is 1. The Labute approximate surface area is 141 Å². The van der Waals surface area contributed by atoms with Gasteiger partial charge in [-0.15, -0.1) is 0 Å². The maximum absolute atomic E-state index is 12.5. The largest absolute Gasteiger partial charge is 0.301 e. The first-order chi connectivity index (χ1) is 10.6. The van der Waals surface area contributed by atoms with E-state index < -0.39 is 6.04 Å². The molecule has 5 nitrogen and oxygen atoms in total. The molecule has 0 spiro atoms. The van der Waals surface area contributed by atoms with Crippen molar-refractivity contribution in [2.24, 2.45) is 0 Å². The van der Waals surface area contributed by atoms with Gasteiger partial charge < -0.3 is 5.32 Å². The molecule has 112 valence electrons. The Morgan fingerprint density at radius 1 is 1.14 bits per heavy atom. The van der Waals surface area contributed by atoms with E-state index in [9.17, 15) is 9.59 Å². The lowest BCUT2D eigenvalue weighted by Gasteiger charge is -2.15. The standard InChI is InChI=1S/C16H14IN3O2/c17-12-1-3-13(4-2-12)20-15(21)9-14(16(20)22)19-10-11-5-7-18-8-6-11/h1-8,14,19H,9-10H2. The zero-order chi connectivity index (χ0) is 15.5. The van der Waals surface area contributed by atoms with Gasteiger partial charge in [-0.1, -0.05) is 0 Å². The van der Waals surface area contributed by atoms with Gasteiger partial charge in [0.05, 0.1) is 18.2 Å². The van der Waals surface area contributed by atoms with Gasteiger partial charge in [-0.05, 0) is 64.6 Å². The first kappa shape index (κ1) is 15.1. The van der Waals surface area contributed by atoms with Gasteiger partial charge in [-0.3, -0.25) is 14.6 Å². The van der Waals surface area contributed by atoms with Crippen molar-refractivity contribution in [1.82, 2.24) is 10.3 Å². The average molecular weight is 407 g/mol. The predicted molar refractivity (Wildman–Crippen MR) is 91.1 cm³/mol. The van der Waals surface area contributed by atoms with E-state index in [1.165, 1.54) is 4.90 Å². The third-order valence-electron chi connectivity index (χ3n) is 3.53. The number of amides is 2. The third-order valence-corrected chi connectivity index (χ3v) is 4.25. The maximum Gasteiger partial charge on any atom is 0.251 e. The number of pyridine rings is 1. The Hall–Kier alpha value is -1.80. The van der Waals surface area contributed by atoms with E-state index >= 15 is 0 Å². The summed E-state index contributed by atoms with van der Waals surface area (Å²) in [6.07, 6.45) is 3.60. The van der Waals surface area contributed by atoms with Gasteiger partial charge in [-0.25, -0.2) is 4.90 Å². The van der Waals surface area contributed by atoms with Crippen LogP contribution in [-0.2, 0) is 16.1 Å². The molecule has 2 aromatic rings. The van der Waals surface area contributed by atoms with E-state index in [1.807, 2.05) is 24.3 Å². The van der Waals surface area contributed by atoms with Gasteiger partial charge in [-0.2, -0.15) is 0 Å². The van der Waals surface area contributed by atoms with Crippen molar-refractivity contribution >= 4 is 40.1 Å². The van der Waals surface area contributed by atoms with Crippen LogP contribution in [0.25, 0.3) is 0 Å². The van der Waals surface area contributed by atoms with Crippen molar-refractivity contribution in [3.8, 4) is 0 Å². The first-order valence-corrected chi connectivity index (χ1v) is 7.97. The SMILES string of the molecule is O=C1CC(NCc2ccncc2)C(=O)N1c1ccc(I)cc1. The van der Waals surface area contributed by atoms with E-state index in [2.05, 4.69) is 32.9 Å². The van der Waals surface area contributed by atoms with Crippen molar-refractivity contribution in [1.29, 1.82) is 0 Å². The van der Waals surface area contributed by atoms with Gasteiger partial charge in [0, 0.05) is 22.5 Å². The molecular formula is C16H14IN3O2. The average Bonchev–Trinajstić information content (AvgIpc) is 2.82. The molecule has 1 saturated heterocycles. The molecular weight excluding hydrogens is 393 g/mol. The third kappa shape index (κ3) is 3.17. The highest BCUT2D eigenvalue weighted by molar-refractivity contribution is 14.1. The van der Waals surface area contributed by atoms with Gasteiger partial charge in [0.1, 0.15) is 0 Å². The molecule has 0 saturated carbocycles. The zero-order valence-corrected chi connectivity index (χ0v) is 13.9. The van der Waals surface area contributed by atoms with E-state index in [4.69, 9.17) is 0 Å². The fourth-order valence-corrected chi connectivity index (χ4v) is 2.75. The Balaban J connectivity index is 1.70. The Morgan fingerprint density at radius 3 is 2.50 bits per heavy atom. The van der Waals surface area contributed by atoms with Crippen LogP contribution in [0.15, 0.2) is 48.8 Å². The molecule has 3 rings (SSSR count). The second kappa shape index (κ2) is 6.53. The van der Waals surface area contributed by atoms with E-state index in [0.717, 1.165) is 9.13 Å². The molecule has 2 heterocycles. The Kier molecular flexibility index (Phi) is 4.49. The highest BCUT2D eigenvalue weighted by Crippen LogP contribution is 2.23. The van der Waals surface area contributed by atoms with Crippen molar-refractivity contribution in [3.63, 3.8) is 0 Å². The molecule has 22 heavy (non-hydrogen) atoms. The van der Waals surface area contributed by atoms with Gasteiger partial charge in [0.2, 0.25) is 5.91 Å². The molecule has 1 atom stereocenters. The minimum atomic E-state index is -0.472. The monoisotopic (exact) mass is 407 g/mol. The number of nitrogens with zero attached hydrogens (tertiary/aromatic N) is 2. The summed E-state index contributed by atoms with van der Waals surface area (Å²) in [5.74, 6) is -0.362. The van der Waals surface area contributed by atoms with Crippen LogP contribution in [0.1, 0.15) is 12.0 Å². The number of aromatic nitrogens is 1.